The lowest BCUT2D eigenvalue weighted by Crippen LogP contribution is -2.49. The Hall–Kier alpha value is -3.61. The molecule has 3 aromatic rings. The number of aryl methyl sites for hydroxylation is 1. The van der Waals surface area contributed by atoms with Crippen molar-refractivity contribution in [3.05, 3.63) is 93.7 Å². The number of carbonyl (C=O) groups is 1. The molecular weight excluding hydrogens is 442 g/mol. The van der Waals surface area contributed by atoms with E-state index in [1.54, 1.807) is 4.57 Å². The molecule has 0 spiro atoms. The first kappa shape index (κ1) is 23.1. The van der Waals surface area contributed by atoms with Gasteiger partial charge in [-0.05, 0) is 49.1 Å². The number of nitrogens with zero attached hydrogens (tertiary/aromatic N) is 2. The van der Waals surface area contributed by atoms with Crippen LogP contribution in [0.2, 0.25) is 0 Å². The van der Waals surface area contributed by atoms with Crippen molar-refractivity contribution in [3.63, 3.8) is 0 Å². The molecule has 0 saturated heterocycles. The monoisotopic (exact) mass is 473 g/mol. The molecule has 2 bridgehead atoms. The molecule has 0 unspecified atom stereocenters. The fourth-order valence-corrected chi connectivity index (χ4v) is 5.20. The smallest absolute Gasteiger partial charge is 0.408 e. The zero-order valence-corrected chi connectivity index (χ0v) is 20.0. The highest BCUT2D eigenvalue weighted by Gasteiger charge is 2.46. The van der Waals surface area contributed by atoms with Crippen molar-refractivity contribution in [1.82, 2.24) is 14.9 Å². The number of aromatic nitrogens is 2. The van der Waals surface area contributed by atoms with Crippen LogP contribution >= 0.6 is 0 Å². The van der Waals surface area contributed by atoms with Gasteiger partial charge in [0, 0.05) is 6.54 Å². The Balaban J connectivity index is 1.43. The molecule has 3 aliphatic rings. The Morgan fingerprint density at radius 3 is 2.29 bits per heavy atom. The lowest BCUT2D eigenvalue weighted by molar-refractivity contribution is 0.112. The second-order valence-electron chi connectivity index (χ2n) is 9.47. The summed E-state index contributed by atoms with van der Waals surface area (Å²) < 4.78 is 13.3. The number of fused-ring (bicyclic) bond motifs is 2. The summed E-state index contributed by atoms with van der Waals surface area (Å²) in [5.41, 5.74) is 1.66. The van der Waals surface area contributed by atoms with Crippen molar-refractivity contribution in [2.75, 3.05) is 0 Å². The van der Waals surface area contributed by atoms with Crippen LogP contribution in [-0.2, 0) is 36.5 Å². The third kappa shape index (κ3) is 4.81. The molecule has 1 fully saturated rings. The zero-order valence-electron chi connectivity index (χ0n) is 20.0. The molecule has 182 valence electrons. The van der Waals surface area contributed by atoms with Gasteiger partial charge < -0.3 is 14.8 Å². The molecule has 7 heteroatoms. The number of alkyl carbamates (subject to hydrolysis) is 1. The second kappa shape index (κ2) is 9.94. The quantitative estimate of drug-likeness (QED) is 0.537. The first-order valence-corrected chi connectivity index (χ1v) is 12.4. The van der Waals surface area contributed by atoms with Crippen molar-refractivity contribution in [2.24, 2.45) is 5.92 Å². The van der Waals surface area contributed by atoms with Crippen LogP contribution in [0.4, 0.5) is 4.79 Å². The fraction of sp³-hybridized carbons (Fsp3) is 0.393. The highest BCUT2D eigenvalue weighted by Crippen LogP contribution is 2.43. The van der Waals surface area contributed by atoms with Gasteiger partial charge in [-0.1, -0.05) is 67.6 Å². The highest BCUT2D eigenvalue weighted by atomic mass is 16.5. The van der Waals surface area contributed by atoms with Gasteiger partial charge in [-0.15, -0.1) is 0 Å². The summed E-state index contributed by atoms with van der Waals surface area (Å²) >= 11 is 0. The number of hydrogen-bond donors (Lipinski definition) is 1. The molecule has 1 aliphatic carbocycles. The maximum Gasteiger partial charge on any atom is 0.408 e. The summed E-state index contributed by atoms with van der Waals surface area (Å²) in [5.74, 6) is 1.31. The predicted octanol–water partition coefficient (Wildman–Crippen LogP) is 4.71. The van der Waals surface area contributed by atoms with E-state index >= 15 is 0 Å². The van der Waals surface area contributed by atoms with E-state index in [9.17, 15) is 9.59 Å². The van der Waals surface area contributed by atoms with Gasteiger partial charge in [-0.2, -0.15) is 0 Å². The summed E-state index contributed by atoms with van der Waals surface area (Å²) in [5, 5.41) is 3.12. The van der Waals surface area contributed by atoms with Gasteiger partial charge >= 0.3 is 6.09 Å². The maximum absolute atomic E-state index is 13.7. The molecule has 2 aliphatic heterocycles. The van der Waals surface area contributed by atoms with Crippen molar-refractivity contribution >= 4 is 6.09 Å². The minimum absolute atomic E-state index is 0.166. The largest absolute Gasteiger partial charge is 0.482 e. The Kier molecular flexibility index (Phi) is 6.57. The van der Waals surface area contributed by atoms with Gasteiger partial charge in [-0.3, -0.25) is 9.36 Å². The average Bonchev–Trinajstić information content (AvgIpc) is 3.14. The first-order valence-electron chi connectivity index (χ1n) is 12.4. The molecule has 3 heterocycles. The lowest BCUT2D eigenvalue weighted by Gasteiger charge is -2.36. The SMILES string of the molecule is CCc1nc2n(c(=O)c1OCc1ccccc1)CC1CCC2(NC(=O)OCc2ccccc2)CC1. The number of nitrogens with one attached hydrogen (secondary N) is 1. The Morgan fingerprint density at radius 2 is 1.66 bits per heavy atom. The van der Waals surface area contributed by atoms with E-state index < -0.39 is 11.6 Å². The highest BCUT2D eigenvalue weighted by molar-refractivity contribution is 5.68. The topological polar surface area (TPSA) is 82.5 Å². The zero-order chi connectivity index (χ0) is 24.3. The van der Waals surface area contributed by atoms with E-state index in [4.69, 9.17) is 14.5 Å². The molecule has 1 saturated carbocycles. The van der Waals surface area contributed by atoms with Crippen LogP contribution in [-0.4, -0.2) is 15.6 Å². The van der Waals surface area contributed by atoms with E-state index in [1.165, 1.54) is 0 Å². The van der Waals surface area contributed by atoms with Gasteiger partial charge in [0.15, 0.2) is 0 Å². The first-order chi connectivity index (χ1) is 17.1. The summed E-state index contributed by atoms with van der Waals surface area (Å²) in [6.45, 7) is 3.06. The van der Waals surface area contributed by atoms with Crippen molar-refractivity contribution < 1.29 is 14.3 Å². The van der Waals surface area contributed by atoms with Gasteiger partial charge in [0.05, 0.1) is 5.69 Å². The third-order valence-corrected chi connectivity index (χ3v) is 7.14. The molecular formula is C28H31N3O4. The minimum Gasteiger partial charge on any atom is -0.482 e. The van der Waals surface area contributed by atoms with Gasteiger partial charge in [-0.25, -0.2) is 9.78 Å². The van der Waals surface area contributed by atoms with E-state index in [0.29, 0.717) is 42.8 Å². The third-order valence-electron chi connectivity index (χ3n) is 7.14. The molecule has 1 N–H and O–H groups in total. The summed E-state index contributed by atoms with van der Waals surface area (Å²) in [7, 11) is 0. The maximum atomic E-state index is 13.7. The Morgan fingerprint density at radius 1 is 1.03 bits per heavy atom. The van der Waals surface area contributed by atoms with E-state index in [0.717, 1.165) is 36.8 Å². The fourth-order valence-electron chi connectivity index (χ4n) is 5.20. The van der Waals surface area contributed by atoms with Crippen LogP contribution in [0, 0.1) is 5.92 Å². The van der Waals surface area contributed by atoms with Crippen LogP contribution in [0.3, 0.4) is 0 Å². The van der Waals surface area contributed by atoms with Crippen LogP contribution in [0.1, 0.15) is 55.3 Å². The number of benzene rings is 2. The van der Waals surface area contributed by atoms with E-state index in [1.807, 2.05) is 67.6 Å². The summed E-state index contributed by atoms with van der Waals surface area (Å²) in [4.78, 5) is 31.5. The molecule has 35 heavy (non-hydrogen) atoms. The molecule has 1 aromatic heterocycles. The van der Waals surface area contributed by atoms with Gasteiger partial charge in [0.1, 0.15) is 24.6 Å². The van der Waals surface area contributed by atoms with Gasteiger partial charge in [0.25, 0.3) is 5.56 Å². The summed E-state index contributed by atoms with van der Waals surface area (Å²) in [6.07, 6.45) is 3.38. The molecule has 1 amide bonds. The molecule has 0 radical (unpaired) electrons. The van der Waals surface area contributed by atoms with E-state index in [-0.39, 0.29) is 12.2 Å². The van der Waals surface area contributed by atoms with Crippen LogP contribution in [0.15, 0.2) is 65.5 Å². The number of carbonyl (C=O) groups excluding carboxylic acids is 1. The van der Waals surface area contributed by atoms with Crippen molar-refractivity contribution in [2.45, 2.75) is 64.3 Å². The number of hydrogen-bond acceptors (Lipinski definition) is 5. The van der Waals surface area contributed by atoms with E-state index in [2.05, 4.69) is 5.32 Å². The van der Waals surface area contributed by atoms with Crippen molar-refractivity contribution in [1.29, 1.82) is 0 Å². The molecule has 2 aromatic carbocycles. The van der Waals surface area contributed by atoms with Crippen LogP contribution in [0.5, 0.6) is 5.75 Å². The van der Waals surface area contributed by atoms with Crippen LogP contribution < -0.4 is 15.6 Å². The predicted molar refractivity (Wildman–Crippen MR) is 132 cm³/mol. The molecule has 0 atom stereocenters. The number of rotatable bonds is 7. The second-order valence-corrected chi connectivity index (χ2v) is 9.47. The standard InChI is InChI=1S/C28H31N3O4/c1-2-23-24(34-18-21-9-5-3-6-10-21)25(32)31-17-20-13-15-28(16-14-20,26(31)29-23)30-27(33)35-19-22-11-7-4-8-12-22/h3-12,20H,2,13-19H2,1H3,(H,30,33). The lowest BCUT2D eigenvalue weighted by atomic mass is 9.77. The molecule has 6 rings (SSSR count). The number of amides is 1. The number of ether oxygens (including phenoxy) is 2. The minimum atomic E-state index is -0.720. The molecule has 7 nitrogen and oxygen atoms in total. The Bertz CT molecular complexity index is 1230. The van der Waals surface area contributed by atoms with Gasteiger partial charge in [0.2, 0.25) is 5.75 Å². The summed E-state index contributed by atoms with van der Waals surface area (Å²) in [6, 6.07) is 19.4. The van der Waals surface area contributed by atoms with Crippen molar-refractivity contribution in [3.8, 4) is 5.75 Å². The Labute approximate surface area is 205 Å². The normalized spacial score (nSPS) is 20.5. The van der Waals surface area contributed by atoms with Crippen LogP contribution in [0.25, 0.3) is 0 Å². The average molecular weight is 474 g/mol.